The van der Waals surface area contributed by atoms with Crippen molar-refractivity contribution in [2.24, 2.45) is 0 Å². The van der Waals surface area contributed by atoms with Crippen molar-refractivity contribution < 1.29 is 14.3 Å². The minimum atomic E-state index is -0.449. The fraction of sp³-hybridized carbons (Fsp3) is 0.368. The Labute approximate surface area is 146 Å². The van der Waals surface area contributed by atoms with Crippen LogP contribution in [0.15, 0.2) is 30.3 Å². The number of aryl methyl sites for hydroxylation is 3. The maximum absolute atomic E-state index is 12.1. The lowest BCUT2D eigenvalue weighted by Crippen LogP contribution is -2.32. The van der Waals surface area contributed by atoms with Crippen LogP contribution in [-0.4, -0.2) is 18.5 Å². The topological polar surface area (TPSA) is 55.4 Å². The van der Waals surface area contributed by atoms with E-state index in [4.69, 9.17) is 4.74 Å². The van der Waals surface area contributed by atoms with Crippen LogP contribution in [0.5, 0.6) is 0 Å². The smallest absolute Gasteiger partial charge is 0.339 e. The SMILES string of the molecule is CC[C@H](NC(=O)COC(=O)c1cc(C)sc1C)c1ccc(C)cc1. The Balaban J connectivity index is 1.91. The van der Waals surface area contributed by atoms with Gasteiger partial charge >= 0.3 is 5.97 Å². The Hall–Kier alpha value is -2.14. The molecular formula is C19H23NO3S. The summed E-state index contributed by atoms with van der Waals surface area (Å²) in [5.74, 6) is -0.740. The first kappa shape index (κ1) is 18.2. The van der Waals surface area contributed by atoms with E-state index in [0.29, 0.717) is 5.56 Å². The molecule has 1 N–H and O–H groups in total. The van der Waals surface area contributed by atoms with E-state index in [1.165, 1.54) is 5.56 Å². The van der Waals surface area contributed by atoms with Gasteiger partial charge < -0.3 is 10.1 Å². The summed E-state index contributed by atoms with van der Waals surface area (Å²) < 4.78 is 5.14. The number of carbonyl (C=O) groups excluding carboxylic acids is 2. The summed E-state index contributed by atoms with van der Waals surface area (Å²) in [5.41, 5.74) is 2.76. The number of amides is 1. The minimum Gasteiger partial charge on any atom is -0.452 e. The van der Waals surface area contributed by atoms with Crippen LogP contribution >= 0.6 is 11.3 Å². The first-order valence-electron chi connectivity index (χ1n) is 8.00. The molecule has 0 saturated heterocycles. The van der Waals surface area contributed by atoms with Crippen molar-refractivity contribution in [3.63, 3.8) is 0 Å². The molecule has 1 amide bonds. The van der Waals surface area contributed by atoms with Crippen molar-refractivity contribution >= 4 is 23.2 Å². The van der Waals surface area contributed by atoms with Gasteiger partial charge in [-0.1, -0.05) is 36.8 Å². The summed E-state index contributed by atoms with van der Waals surface area (Å²) in [6.45, 7) is 7.58. The van der Waals surface area contributed by atoms with E-state index in [9.17, 15) is 9.59 Å². The zero-order chi connectivity index (χ0) is 17.7. The molecule has 1 heterocycles. The summed E-state index contributed by atoms with van der Waals surface area (Å²) in [4.78, 5) is 26.1. The number of carbonyl (C=O) groups is 2. The molecule has 0 aliphatic carbocycles. The number of rotatable bonds is 6. The maximum Gasteiger partial charge on any atom is 0.339 e. The molecule has 0 aliphatic heterocycles. The molecule has 0 bridgehead atoms. The van der Waals surface area contributed by atoms with Gasteiger partial charge in [0, 0.05) is 9.75 Å². The van der Waals surface area contributed by atoms with E-state index in [1.807, 2.05) is 52.0 Å². The Morgan fingerprint density at radius 1 is 1.17 bits per heavy atom. The molecule has 0 saturated carbocycles. The second kappa shape index (κ2) is 8.11. The quantitative estimate of drug-likeness (QED) is 0.802. The average molecular weight is 345 g/mol. The number of thiophene rings is 1. The van der Waals surface area contributed by atoms with Crippen LogP contribution in [0.3, 0.4) is 0 Å². The lowest BCUT2D eigenvalue weighted by atomic mass is 10.0. The minimum absolute atomic E-state index is 0.0815. The van der Waals surface area contributed by atoms with Gasteiger partial charge in [-0.3, -0.25) is 4.79 Å². The van der Waals surface area contributed by atoms with Gasteiger partial charge in [0.2, 0.25) is 0 Å². The van der Waals surface area contributed by atoms with Gasteiger partial charge in [0.1, 0.15) is 0 Å². The van der Waals surface area contributed by atoms with E-state index < -0.39 is 5.97 Å². The maximum atomic E-state index is 12.1. The highest BCUT2D eigenvalue weighted by Gasteiger charge is 2.17. The van der Waals surface area contributed by atoms with Crippen LogP contribution < -0.4 is 5.32 Å². The fourth-order valence-corrected chi connectivity index (χ4v) is 3.41. The zero-order valence-corrected chi connectivity index (χ0v) is 15.3. The average Bonchev–Trinajstić information content (AvgIpc) is 2.90. The number of nitrogens with one attached hydrogen (secondary N) is 1. The molecule has 1 aromatic heterocycles. The third kappa shape index (κ3) is 4.68. The van der Waals surface area contributed by atoms with Crippen LogP contribution in [0.4, 0.5) is 0 Å². The number of ether oxygens (including phenoxy) is 1. The number of benzene rings is 1. The molecule has 0 spiro atoms. The van der Waals surface area contributed by atoms with Crippen molar-refractivity contribution in [2.45, 2.75) is 40.2 Å². The molecule has 0 unspecified atom stereocenters. The number of hydrogen-bond donors (Lipinski definition) is 1. The van der Waals surface area contributed by atoms with Crippen LogP contribution in [-0.2, 0) is 9.53 Å². The van der Waals surface area contributed by atoms with Gasteiger partial charge in [-0.05, 0) is 38.8 Å². The fourth-order valence-electron chi connectivity index (χ4n) is 2.50. The predicted octanol–water partition coefficient (Wildman–Crippen LogP) is 4.10. The lowest BCUT2D eigenvalue weighted by molar-refractivity contribution is -0.125. The Morgan fingerprint density at radius 3 is 2.38 bits per heavy atom. The summed E-state index contributed by atoms with van der Waals surface area (Å²) >= 11 is 1.54. The Kier molecular flexibility index (Phi) is 6.15. The van der Waals surface area contributed by atoms with Crippen molar-refractivity contribution in [1.82, 2.24) is 5.32 Å². The summed E-state index contributed by atoms with van der Waals surface area (Å²) in [6, 6.07) is 9.77. The van der Waals surface area contributed by atoms with Crippen molar-refractivity contribution in [3.05, 3.63) is 56.8 Å². The molecule has 24 heavy (non-hydrogen) atoms. The number of hydrogen-bond acceptors (Lipinski definition) is 4. The van der Waals surface area contributed by atoms with E-state index in [0.717, 1.165) is 21.7 Å². The Bertz CT molecular complexity index is 719. The van der Waals surface area contributed by atoms with Crippen LogP contribution in [0.1, 0.15) is 50.6 Å². The van der Waals surface area contributed by atoms with Gasteiger partial charge in [0.15, 0.2) is 6.61 Å². The summed E-state index contributed by atoms with van der Waals surface area (Å²) in [7, 11) is 0. The van der Waals surface area contributed by atoms with Gasteiger partial charge in [-0.25, -0.2) is 4.79 Å². The highest BCUT2D eigenvalue weighted by molar-refractivity contribution is 7.12. The predicted molar refractivity (Wildman–Crippen MR) is 96.4 cm³/mol. The Morgan fingerprint density at radius 2 is 1.83 bits per heavy atom. The van der Waals surface area contributed by atoms with Crippen molar-refractivity contribution in [2.75, 3.05) is 6.61 Å². The van der Waals surface area contributed by atoms with Gasteiger partial charge in [0.25, 0.3) is 5.91 Å². The second-order valence-electron chi connectivity index (χ2n) is 5.84. The van der Waals surface area contributed by atoms with Gasteiger partial charge in [-0.15, -0.1) is 11.3 Å². The monoisotopic (exact) mass is 345 g/mol. The standard InChI is InChI=1S/C19H23NO3S/c1-5-17(15-8-6-12(2)7-9-15)20-18(21)11-23-19(22)16-10-13(3)24-14(16)4/h6-10,17H,5,11H2,1-4H3,(H,20,21)/t17-/m0/s1. The normalized spacial score (nSPS) is 11.8. The molecule has 1 atom stereocenters. The van der Waals surface area contributed by atoms with E-state index in [2.05, 4.69) is 5.32 Å². The molecule has 5 heteroatoms. The number of esters is 1. The molecule has 4 nitrogen and oxygen atoms in total. The van der Waals surface area contributed by atoms with E-state index >= 15 is 0 Å². The van der Waals surface area contributed by atoms with Gasteiger partial charge in [-0.2, -0.15) is 0 Å². The van der Waals surface area contributed by atoms with Crippen LogP contribution in [0.2, 0.25) is 0 Å². The molecule has 2 aromatic rings. The lowest BCUT2D eigenvalue weighted by Gasteiger charge is -2.17. The molecule has 0 aliphatic rings. The molecular weight excluding hydrogens is 322 g/mol. The molecule has 1 aromatic carbocycles. The molecule has 0 radical (unpaired) electrons. The second-order valence-corrected chi connectivity index (χ2v) is 7.30. The molecule has 2 rings (SSSR count). The van der Waals surface area contributed by atoms with Crippen molar-refractivity contribution in [1.29, 1.82) is 0 Å². The largest absolute Gasteiger partial charge is 0.452 e. The third-order valence-corrected chi connectivity index (χ3v) is 4.78. The summed E-state index contributed by atoms with van der Waals surface area (Å²) in [5, 5.41) is 2.92. The molecule has 128 valence electrons. The summed E-state index contributed by atoms with van der Waals surface area (Å²) in [6.07, 6.45) is 0.769. The van der Waals surface area contributed by atoms with E-state index in [1.54, 1.807) is 17.4 Å². The highest BCUT2D eigenvalue weighted by atomic mass is 32.1. The highest BCUT2D eigenvalue weighted by Crippen LogP contribution is 2.21. The first-order chi connectivity index (χ1) is 11.4. The van der Waals surface area contributed by atoms with Crippen LogP contribution in [0, 0.1) is 20.8 Å². The van der Waals surface area contributed by atoms with Crippen LogP contribution in [0.25, 0.3) is 0 Å². The molecule has 0 fully saturated rings. The van der Waals surface area contributed by atoms with E-state index in [-0.39, 0.29) is 18.6 Å². The van der Waals surface area contributed by atoms with Gasteiger partial charge in [0.05, 0.1) is 11.6 Å². The zero-order valence-electron chi connectivity index (χ0n) is 14.5. The van der Waals surface area contributed by atoms with Crippen molar-refractivity contribution in [3.8, 4) is 0 Å². The third-order valence-electron chi connectivity index (χ3n) is 3.82. The first-order valence-corrected chi connectivity index (χ1v) is 8.82.